The van der Waals surface area contributed by atoms with Crippen molar-refractivity contribution in [3.05, 3.63) is 0 Å². The van der Waals surface area contributed by atoms with E-state index in [1.54, 1.807) is 0 Å². The number of aliphatic carboxylic acids is 1. The van der Waals surface area contributed by atoms with Crippen molar-refractivity contribution in [1.29, 1.82) is 0 Å². The van der Waals surface area contributed by atoms with E-state index in [1.165, 1.54) is 0 Å². The zero-order chi connectivity index (χ0) is 12.3. The van der Waals surface area contributed by atoms with E-state index in [1.807, 2.05) is 0 Å². The van der Waals surface area contributed by atoms with E-state index >= 15 is 0 Å². The summed E-state index contributed by atoms with van der Waals surface area (Å²) in [5, 5.41) is 22.0. The SMILES string of the molecule is O=C(O)C1CCC(NC2CCC(O)CC2)CC1. The van der Waals surface area contributed by atoms with Crippen molar-refractivity contribution in [1.82, 2.24) is 5.32 Å². The molecule has 17 heavy (non-hydrogen) atoms. The predicted octanol–water partition coefficient (Wildman–Crippen LogP) is 1.52. The second-order valence-electron chi connectivity index (χ2n) is 5.56. The highest BCUT2D eigenvalue weighted by molar-refractivity contribution is 5.70. The fourth-order valence-electron chi connectivity index (χ4n) is 3.08. The molecule has 0 unspecified atom stereocenters. The number of carbonyl (C=O) groups is 1. The molecule has 4 heteroatoms. The summed E-state index contributed by atoms with van der Waals surface area (Å²) in [6, 6.07) is 1.02. The maximum atomic E-state index is 10.8. The summed E-state index contributed by atoms with van der Waals surface area (Å²) in [6.45, 7) is 0. The molecule has 0 aromatic rings. The molecule has 0 saturated heterocycles. The van der Waals surface area contributed by atoms with Gasteiger partial charge in [0, 0.05) is 12.1 Å². The molecule has 0 aromatic carbocycles. The Morgan fingerprint density at radius 3 is 1.82 bits per heavy atom. The Balaban J connectivity index is 1.69. The Kier molecular flexibility index (Phi) is 4.40. The molecule has 2 rings (SSSR count). The van der Waals surface area contributed by atoms with Crippen LogP contribution >= 0.6 is 0 Å². The molecule has 0 atom stereocenters. The van der Waals surface area contributed by atoms with Crippen molar-refractivity contribution in [3.63, 3.8) is 0 Å². The third-order valence-corrected chi connectivity index (χ3v) is 4.24. The van der Waals surface area contributed by atoms with Crippen LogP contribution in [0, 0.1) is 5.92 Å². The van der Waals surface area contributed by atoms with Gasteiger partial charge in [0.1, 0.15) is 0 Å². The quantitative estimate of drug-likeness (QED) is 0.700. The van der Waals surface area contributed by atoms with Crippen LogP contribution < -0.4 is 5.32 Å². The van der Waals surface area contributed by atoms with Gasteiger partial charge >= 0.3 is 5.97 Å². The standard InChI is InChI=1S/C13H23NO3/c15-12-7-5-11(6-8-12)14-10-3-1-9(2-4-10)13(16)17/h9-12,14-15H,1-8H2,(H,16,17). The van der Waals surface area contributed by atoms with E-state index in [2.05, 4.69) is 5.32 Å². The summed E-state index contributed by atoms with van der Waals surface area (Å²) in [5.74, 6) is -0.759. The molecule has 0 aliphatic heterocycles. The maximum Gasteiger partial charge on any atom is 0.306 e. The molecule has 3 N–H and O–H groups in total. The van der Waals surface area contributed by atoms with Crippen LogP contribution in [0.4, 0.5) is 0 Å². The molecule has 0 aromatic heterocycles. The van der Waals surface area contributed by atoms with Crippen LogP contribution in [0.1, 0.15) is 51.4 Å². The maximum absolute atomic E-state index is 10.8. The number of nitrogens with one attached hydrogen (secondary N) is 1. The minimum Gasteiger partial charge on any atom is -0.481 e. The molecule has 2 fully saturated rings. The van der Waals surface area contributed by atoms with E-state index in [9.17, 15) is 9.90 Å². The topological polar surface area (TPSA) is 69.6 Å². The van der Waals surface area contributed by atoms with Crippen molar-refractivity contribution in [2.75, 3.05) is 0 Å². The van der Waals surface area contributed by atoms with Gasteiger partial charge in [0.25, 0.3) is 0 Å². The lowest BCUT2D eigenvalue weighted by molar-refractivity contribution is -0.142. The van der Waals surface area contributed by atoms with Crippen molar-refractivity contribution in [2.45, 2.75) is 69.6 Å². The zero-order valence-electron chi connectivity index (χ0n) is 10.3. The Morgan fingerprint density at radius 2 is 1.35 bits per heavy atom. The highest BCUT2D eigenvalue weighted by Gasteiger charge is 2.28. The fraction of sp³-hybridized carbons (Fsp3) is 0.923. The molecule has 0 radical (unpaired) electrons. The Bertz CT molecular complexity index is 253. The normalized spacial score (nSPS) is 38.9. The Hall–Kier alpha value is -0.610. The molecule has 98 valence electrons. The van der Waals surface area contributed by atoms with Crippen LogP contribution in [0.3, 0.4) is 0 Å². The van der Waals surface area contributed by atoms with Crippen molar-refractivity contribution in [3.8, 4) is 0 Å². The van der Waals surface area contributed by atoms with E-state index < -0.39 is 5.97 Å². The van der Waals surface area contributed by atoms with Crippen LogP contribution in [0.15, 0.2) is 0 Å². The third kappa shape index (κ3) is 3.68. The first-order chi connectivity index (χ1) is 8.15. The lowest BCUT2D eigenvalue weighted by Crippen LogP contribution is -2.43. The van der Waals surface area contributed by atoms with Crippen LogP contribution in [0.2, 0.25) is 0 Å². The minimum atomic E-state index is -0.635. The molecular formula is C13H23NO3. The van der Waals surface area contributed by atoms with Gasteiger partial charge in [-0.15, -0.1) is 0 Å². The molecular weight excluding hydrogens is 218 g/mol. The van der Waals surface area contributed by atoms with Crippen molar-refractivity contribution < 1.29 is 15.0 Å². The largest absolute Gasteiger partial charge is 0.481 e. The first-order valence-corrected chi connectivity index (χ1v) is 6.82. The van der Waals surface area contributed by atoms with Gasteiger partial charge in [-0.2, -0.15) is 0 Å². The summed E-state index contributed by atoms with van der Waals surface area (Å²) in [7, 11) is 0. The van der Waals surface area contributed by atoms with Gasteiger partial charge in [-0.3, -0.25) is 4.79 Å². The smallest absolute Gasteiger partial charge is 0.306 e. The number of hydrogen-bond donors (Lipinski definition) is 3. The summed E-state index contributed by atoms with van der Waals surface area (Å²) in [6.07, 6.45) is 7.40. The number of carboxylic acids is 1. The van der Waals surface area contributed by atoms with Gasteiger partial charge < -0.3 is 15.5 Å². The number of carboxylic acid groups (broad SMARTS) is 1. The van der Waals surface area contributed by atoms with Gasteiger partial charge in [-0.25, -0.2) is 0 Å². The second kappa shape index (κ2) is 5.83. The van der Waals surface area contributed by atoms with E-state index in [0.29, 0.717) is 12.1 Å². The Labute approximate surface area is 102 Å². The monoisotopic (exact) mass is 241 g/mol. The molecule has 0 amide bonds. The zero-order valence-corrected chi connectivity index (χ0v) is 10.3. The fourth-order valence-corrected chi connectivity index (χ4v) is 3.08. The molecule has 0 spiro atoms. The third-order valence-electron chi connectivity index (χ3n) is 4.24. The van der Waals surface area contributed by atoms with Crippen LogP contribution in [0.25, 0.3) is 0 Å². The predicted molar refractivity (Wildman–Crippen MR) is 64.8 cm³/mol. The average Bonchev–Trinajstić information content (AvgIpc) is 2.33. The van der Waals surface area contributed by atoms with E-state index in [-0.39, 0.29) is 12.0 Å². The van der Waals surface area contributed by atoms with Crippen LogP contribution in [-0.4, -0.2) is 34.4 Å². The number of rotatable bonds is 3. The highest BCUT2D eigenvalue weighted by Crippen LogP contribution is 2.26. The number of aliphatic hydroxyl groups excluding tert-OH is 1. The van der Waals surface area contributed by atoms with Gasteiger partial charge in [-0.05, 0) is 51.4 Å². The van der Waals surface area contributed by atoms with Gasteiger partial charge in [0.05, 0.1) is 12.0 Å². The first kappa shape index (κ1) is 12.8. The summed E-state index contributed by atoms with van der Waals surface area (Å²) < 4.78 is 0. The summed E-state index contributed by atoms with van der Waals surface area (Å²) in [4.78, 5) is 10.8. The molecule has 4 nitrogen and oxygen atoms in total. The van der Waals surface area contributed by atoms with Gasteiger partial charge in [-0.1, -0.05) is 0 Å². The van der Waals surface area contributed by atoms with Crippen molar-refractivity contribution >= 4 is 5.97 Å². The van der Waals surface area contributed by atoms with E-state index in [0.717, 1.165) is 51.4 Å². The molecule has 0 bridgehead atoms. The average molecular weight is 241 g/mol. The summed E-state index contributed by atoms with van der Waals surface area (Å²) >= 11 is 0. The van der Waals surface area contributed by atoms with Crippen molar-refractivity contribution in [2.24, 2.45) is 5.92 Å². The van der Waals surface area contributed by atoms with Crippen LogP contribution in [-0.2, 0) is 4.79 Å². The molecule has 2 aliphatic rings. The lowest BCUT2D eigenvalue weighted by Gasteiger charge is -2.33. The molecule has 0 heterocycles. The summed E-state index contributed by atoms with van der Waals surface area (Å²) in [5.41, 5.74) is 0. The number of aliphatic hydroxyl groups is 1. The van der Waals surface area contributed by atoms with E-state index in [4.69, 9.17) is 5.11 Å². The van der Waals surface area contributed by atoms with Gasteiger partial charge in [0.15, 0.2) is 0 Å². The molecule has 2 aliphatic carbocycles. The molecule has 2 saturated carbocycles. The minimum absolute atomic E-state index is 0.101. The van der Waals surface area contributed by atoms with Gasteiger partial charge in [0.2, 0.25) is 0 Å². The number of hydrogen-bond acceptors (Lipinski definition) is 3. The second-order valence-corrected chi connectivity index (χ2v) is 5.56. The lowest BCUT2D eigenvalue weighted by atomic mass is 9.84. The first-order valence-electron chi connectivity index (χ1n) is 6.82. The van der Waals surface area contributed by atoms with Crippen LogP contribution in [0.5, 0.6) is 0 Å². The highest BCUT2D eigenvalue weighted by atomic mass is 16.4. The Morgan fingerprint density at radius 1 is 0.882 bits per heavy atom.